The molecule has 48 heavy (non-hydrogen) atoms. The highest BCUT2D eigenvalue weighted by atomic mass is 32.2. The molecule has 1 aromatic carbocycles. The molecule has 1 saturated carbocycles. The normalized spacial score (nSPS) is 20.6. The largest absolute Gasteiger partial charge is 0.340 e. The molecular weight excluding hydrogens is 677 g/mol. The summed E-state index contributed by atoms with van der Waals surface area (Å²) in [5.74, 6) is -18.6. The summed E-state index contributed by atoms with van der Waals surface area (Å²) in [6.07, 6.45) is -1.33. The second-order valence-electron chi connectivity index (χ2n) is 12.2. The fourth-order valence-corrected chi connectivity index (χ4v) is 7.00. The number of fused-ring (bicyclic) bond motifs is 1. The summed E-state index contributed by atoms with van der Waals surface area (Å²) in [5, 5.41) is 9.99. The zero-order valence-corrected chi connectivity index (χ0v) is 26.7. The summed E-state index contributed by atoms with van der Waals surface area (Å²) >= 11 is 0. The fourth-order valence-electron chi connectivity index (χ4n) is 6.12. The summed E-state index contributed by atoms with van der Waals surface area (Å²) in [6.45, 7) is -0.257. The SMILES string of the molecule is CCc1nonc1C(=O)N[C@H](c1nc2c(F)c(C(CCS(=O)(=O)CC)C(=O)N3CC(F)(F)C(F)(F)C3)ccc2[nH]1)C1CCC(F)(F)CC1. The third-order valence-electron chi connectivity index (χ3n) is 9.02. The van der Waals surface area contributed by atoms with Crippen LogP contribution in [0, 0.1) is 11.7 Å². The molecule has 0 bridgehead atoms. The molecule has 3 heterocycles. The van der Waals surface area contributed by atoms with Crippen LogP contribution < -0.4 is 5.32 Å². The van der Waals surface area contributed by atoms with E-state index in [0.29, 0.717) is 0 Å². The van der Waals surface area contributed by atoms with Crippen molar-refractivity contribution in [2.45, 2.75) is 82.1 Å². The maximum atomic E-state index is 16.3. The number of benzene rings is 1. The van der Waals surface area contributed by atoms with Crippen LogP contribution in [0.25, 0.3) is 11.0 Å². The van der Waals surface area contributed by atoms with Gasteiger partial charge in [-0.1, -0.05) is 25.1 Å². The van der Waals surface area contributed by atoms with Crippen LogP contribution in [0.5, 0.6) is 0 Å². The van der Waals surface area contributed by atoms with Crippen molar-refractivity contribution in [3.8, 4) is 0 Å². The standard InChI is InChI=1S/C29H33F7N6O5S/c1-3-18-23(41-47-40-18)25(43)39-21(15-7-10-27(31,32)11-8-15)24-37-19-6-5-16(20(30)22(19)38-24)17(9-12-48(45,46)4-2)26(44)42-13-28(33,34)29(35,36)14-42/h5-6,15,17,21H,3-4,7-14H2,1-2H3,(H,37,38)(H,39,43)/t17?,21-/m0/s1. The monoisotopic (exact) mass is 710 g/mol. The quantitative estimate of drug-likeness (QED) is 0.265. The molecule has 1 aliphatic carbocycles. The number of H-pyrrole nitrogens is 1. The molecule has 2 N–H and O–H groups in total. The average Bonchev–Trinajstić information content (AvgIpc) is 3.73. The number of rotatable bonds is 11. The number of carbonyl (C=O) groups is 2. The number of aromatic nitrogens is 4. The molecular formula is C29H33F7N6O5S. The van der Waals surface area contributed by atoms with Crippen LogP contribution in [0.3, 0.4) is 0 Å². The van der Waals surface area contributed by atoms with Crippen molar-refractivity contribution >= 4 is 32.7 Å². The first-order valence-electron chi connectivity index (χ1n) is 15.3. The number of nitrogens with zero attached hydrogens (tertiary/aromatic N) is 4. The summed E-state index contributed by atoms with van der Waals surface area (Å²) in [6, 6.07) is 1.30. The Morgan fingerprint density at radius 1 is 1.06 bits per heavy atom. The summed E-state index contributed by atoms with van der Waals surface area (Å²) < 4.78 is 130. The lowest BCUT2D eigenvalue weighted by atomic mass is 9.81. The number of nitrogens with one attached hydrogen (secondary N) is 2. The predicted molar refractivity (Wildman–Crippen MR) is 155 cm³/mol. The number of likely N-dealkylation sites (tertiary alicyclic amines) is 1. The zero-order valence-electron chi connectivity index (χ0n) is 25.8. The minimum absolute atomic E-state index is 0.0330. The van der Waals surface area contributed by atoms with Crippen molar-refractivity contribution < 1.29 is 53.4 Å². The first kappa shape index (κ1) is 35.5. The molecule has 0 spiro atoms. The molecule has 1 saturated heterocycles. The highest BCUT2D eigenvalue weighted by molar-refractivity contribution is 7.91. The number of hydrogen-bond donors (Lipinski definition) is 2. The van der Waals surface area contributed by atoms with E-state index in [2.05, 4.69) is 30.2 Å². The molecule has 11 nitrogen and oxygen atoms in total. The molecule has 1 aliphatic heterocycles. The molecule has 2 fully saturated rings. The van der Waals surface area contributed by atoms with Gasteiger partial charge in [0.25, 0.3) is 5.91 Å². The van der Waals surface area contributed by atoms with E-state index in [0.717, 1.165) is 6.07 Å². The fraction of sp³-hybridized carbons (Fsp3) is 0.621. The van der Waals surface area contributed by atoms with Gasteiger partial charge in [0.15, 0.2) is 11.5 Å². The van der Waals surface area contributed by atoms with E-state index >= 15 is 4.39 Å². The van der Waals surface area contributed by atoms with Crippen LogP contribution in [0.2, 0.25) is 0 Å². The van der Waals surface area contributed by atoms with Crippen molar-refractivity contribution in [3.05, 3.63) is 40.7 Å². The number of hydrogen-bond acceptors (Lipinski definition) is 8. The molecule has 3 aromatic rings. The Kier molecular flexibility index (Phi) is 9.57. The number of aryl methyl sites for hydroxylation is 1. The van der Waals surface area contributed by atoms with Gasteiger partial charge in [-0.3, -0.25) is 9.59 Å². The Labute approximate surface area is 269 Å². The zero-order chi connectivity index (χ0) is 35.2. The number of imidazole rings is 1. The van der Waals surface area contributed by atoms with Gasteiger partial charge in [-0.05, 0) is 42.8 Å². The highest BCUT2D eigenvalue weighted by Gasteiger charge is 2.64. The molecule has 0 radical (unpaired) electrons. The van der Waals surface area contributed by atoms with E-state index < -0.39 is 112 Å². The predicted octanol–water partition coefficient (Wildman–Crippen LogP) is 4.97. The van der Waals surface area contributed by atoms with Crippen molar-refractivity contribution in [2.75, 3.05) is 24.6 Å². The van der Waals surface area contributed by atoms with Gasteiger partial charge < -0.3 is 15.2 Å². The second kappa shape index (κ2) is 12.9. The van der Waals surface area contributed by atoms with Crippen LogP contribution >= 0.6 is 0 Å². The van der Waals surface area contributed by atoms with Crippen LogP contribution in [-0.2, 0) is 21.1 Å². The molecule has 264 valence electrons. The van der Waals surface area contributed by atoms with Gasteiger partial charge in [-0.15, -0.1) is 0 Å². The Morgan fingerprint density at radius 2 is 1.71 bits per heavy atom. The number of sulfone groups is 1. The van der Waals surface area contributed by atoms with Gasteiger partial charge in [0.05, 0.1) is 36.3 Å². The van der Waals surface area contributed by atoms with Gasteiger partial charge in [0.1, 0.15) is 26.9 Å². The number of alkyl halides is 6. The molecule has 5 rings (SSSR count). The van der Waals surface area contributed by atoms with Gasteiger partial charge in [-0.2, -0.15) is 17.6 Å². The van der Waals surface area contributed by atoms with Crippen LogP contribution in [0.4, 0.5) is 30.7 Å². The summed E-state index contributed by atoms with van der Waals surface area (Å²) in [4.78, 5) is 34.0. The van der Waals surface area contributed by atoms with E-state index in [1.807, 2.05) is 0 Å². The highest BCUT2D eigenvalue weighted by Crippen LogP contribution is 2.44. The lowest BCUT2D eigenvalue weighted by Crippen LogP contribution is -2.38. The molecule has 2 amide bonds. The Hall–Kier alpha value is -3.77. The molecule has 2 aliphatic rings. The van der Waals surface area contributed by atoms with Crippen molar-refractivity contribution in [1.82, 2.24) is 30.5 Å². The summed E-state index contributed by atoms with van der Waals surface area (Å²) in [7, 11) is -3.76. The topological polar surface area (TPSA) is 151 Å². The lowest BCUT2D eigenvalue weighted by Gasteiger charge is -2.33. The maximum absolute atomic E-state index is 16.3. The summed E-state index contributed by atoms with van der Waals surface area (Å²) in [5.41, 5.74) is -0.732. The maximum Gasteiger partial charge on any atom is 0.329 e. The number of carbonyl (C=O) groups excluding carboxylic acids is 2. The van der Waals surface area contributed by atoms with Crippen LogP contribution in [0.15, 0.2) is 16.8 Å². The minimum atomic E-state index is -4.55. The van der Waals surface area contributed by atoms with Gasteiger partial charge in [0.2, 0.25) is 11.8 Å². The minimum Gasteiger partial charge on any atom is -0.340 e. The molecule has 2 atom stereocenters. The number of halogens is 7. The Morgan fingerprint density at radius 3 is 2.31 bits per heavy atom. The van der Waals surface area contributed by atoms with E-state index in [1.165, 1.54) is 13.0 Å². The Balaban J connectivity index is 1.52. The van der Waals surface area contributed by atoms with E-state index in [1.54, 1.807) is 6.92 Å². The van der Waals surface area contributed by atoms with Crippen molar-refractivity contribution in [3.63, 3.8) is 0 Å². The van der Waals surface area contributed by atoms with Crippen molar-refractivity contribution in [1.29, 1.82) is 0 Å². The number of aromatic amines is 1. The van der Waals surface area contributed by atoms with Crippen molar-refractivity contribution in [2.24, 2.45) is 5.92 Å². The third-order valence-corrected chi connectivity index (χ3v) is 10.8. The van der Waals surface area contributed by atoms with E-state index in [9.17, 15) is 44.3 Å². The number of amides is 2. The van der Waals surface area contributed by atoms with Gasteiger partial charge >= 0.3 is 11.8 Å². The Bertz CT molecular complexity index is 1770. The molecule has 19 heteroatoms. The smallest absolute Gasteiger partial charge is 0.329 e. The second-order valence-corrected chi connectivity index (χ2v) is 14.7. The van der Waals surface area contributed by atoms with Crippen LogP contribution in [-0.4, -0.2) is 87.8 Å². The molecule has 2 aromatic heterocycles. The third kappa shape index (κ3) is 7.01. The van der Waals surface area contributed by atoms with Gasteiger partial charge in [-0.25, -0.2) is 31.2 Å². The van der Waals surface area contributed by atoms with E-state index in [4.69, 9.17) is 0 Å². The first-order valence-corrected chi connectivity index (χ1v) is 17.1. The van der Waals surface area contributed by atoms with Crippen LogP contribution in [0.1, 0.15) is 85.5 Å². The van der Waals surface area contributed by atoms with E-state index in [-0.39, 0.29) is 52.6 Å². The molecule has 1 unspecified atom stereocenters. The van der Waals surface area contributed by atoms with Gasteiger partial charge in [0, 0.05) is 24.2 Å². The first-order chi connectivity index (χ1) is 22.4. The lowest BCUT2D eigenvalue weighted by molar-refractivity contribution is -0.172. The average molecular weight is 711 g/mol.